The number of benzene rings is 1. The highest BCUT2D eigenvalue weighted by Gasteiger charge is 2.37. The lowest BCUT2D eigenvalue weighted by atomic mass is 9.76. The van der Waals surface area contributed by atoms with Crippen molar-refractivity contribution < 1.29 is 17.6 Å². The molecule has 0 bridgehead atoms. The van der Waals surface area contributed by atoms with E-state index in [1.807, 2.05) is 0 Å². The van der Waals surface area contributed by atoms with Crippen LogP contribution in [0, 0.1) is 17.7 Å². The molecule has 1 aliphatic rings. The number of rotatable bonds is 2. The molecule has 0 heterocycles. The molecule has 0 spiro atoms. The molecule has 1 fully saturated rings. The molecule has 1 aromatic carbocycles. The van der Waals surface area contributed by atoms with Gasteiger partial charge in [0.2, 0.25) is 0 Å². The standard InChI is InChI=1S/C15H19F4N/c1-9-3-2-4-10(7-9)14(20)12-8-11(16)5-6-13(12)15(17,18)19/h5-6,8-10,14H,2-4,7,20H2,1H3. The molecule has 0 aliphatic heterocycles. The minimum absolute atomic E-state index is 0.0124. The molecule has 2 N–H and O–H groups in total. The first-order valence-electron chi connectivity index (χ1n) is 6.91. The minimum atomic E-state index is -4.50. The Labute approximate surface area is 116 Å². The van der Waals surface area contributed by atoms with E-state index in [0.29, 0.717) is 5.92 Å². The summed E-state index contributed by atoms with van der Waals surface area (Å²) in [6, 6.07) is 1.80. The average Bonchev–Trinajstić information content (AvgIpc) is 2.36. The molecule has 1 nitrogen and oxygen atoms in total. The van der Waals surface area contributed by atoms with E-state index in [9.17, 15) is 17.6 Å². The Hall–Kier alpha value is -1.10. The highest BCUT2D eigenvalue weighted by molar-refractivity contribution is 5.33. The van der Waals surface area contributed by atoms with Crippen LogP contribution >= 0.6 is 0 Å². The van der Waals surface area contributed by atoms with Crippen molar-refractivity contribution in [1.29, 1.82) is 0 Å². The van der Waals surface area contributed by atoms with Crippen molar-refractivity contribution in [3.8, 4) is 0 Å². The molecule has 2 rings (SSSR count). The van der Waals surface area contributed by atoms with Gasteiger partial charge in [-0.25, -0.2) is 4.39 Å². The number of hydrogen-bond acceptors (Lipinski definition) is 1. The topological polar surface area (TPSA) is 26.0 Å². The Balaban J connectivity index is 2.33. The van der Waals surface area contributed by atoms with Crippen LogP contribution in [-0.2, 0) is 6.18 Å². The predicted molar refractivity (Wildman–Crippen MR) is 69.5 cm³/mol. The third kappa shape index (κ3) is 3.32. The maximum absolute atomic E-state index is 13.3. The third-order valence-electron chi connectivity index (χ3n) is 4.16. The molecule has 0 saturated heterocycles. The Morgan fingerprint density at radius 3 is 2.55 bits per heavy atom. The molecule has 3 atom stereocenters. The zero-order chi connectivity index (χ0) is 14.9. The summed E-state index contributed by atoms with van der Waals surface area (Å²) in [7, 11) is 0. The SMILES string of the molecule is CC1CCCC(C(N)c2cc(F)ccc2C(F)(F)F)C1. The van der Waals surface area contributed by atoms with Crippen LogP contribution in [-0.4, -0.2) is 0 Å². The van der Waals surface area contributed by atoms with Crippen molar-refractivity contribution >= 4 is 0 Å². The summed E-state index contributed by atoms with van der Waals surface area (Å²) in [6.07, 6.45) is -0.843. The van der Waals surface area contributed by atoms with Crippen LogP contribution in [0.15, 0.2) is 18.2 Å². The molecule has 112 valence electrons. The molecule has 0 amide bonds. The zero-order valence-corrected chi connectivity index (χ0v) is 11.4. The lowest BCUT2D eigenvalue weighted by molar-refractivity contribution is -0.138. The van der Waals surface area contributed by atoms with E-state index in [1.165, 1.54) is 0 Å². The van der Waals surface area contributed by atoms with Crippen molar-refractivity contribution in [2.75, 3.05) is 0 Å². The second kappa shape index (κ2) is 5.72. The molecule has 0 aromatic heterocycles. The molecular weight excluding hydrogens is 270 g/mol. The first-order valence-corrected chi connectivity index (χ1v) is 6.91. The van der Waals surface area contributed by atoms with Gasteiger partial charge < -0.3 is 5.73 Å². The van der Waals surface area contributed by atoms with Gasteiger partial charge in [0, 0.05) is 6.04 Å². The van der Waals surface area contributed by atoms with E-state index in [2.05, 4.69) is 6.92 Å². The lowest BCUT2D eigenvalue weighted by Gasteiger charge is -2.32. The van der Waals surface area contributed by atoms with Crippen molar-refractivity contribution in [1.82, 2.24) is 0 Å². The molecular formula is C15H19F4N. The van der Waals surface area contributed by atoms with Crippen LogP contribution < -0.4 is 5.73 Å². The van der Waals surface area contributed by atoms with Crippen LogP contribution in [0.25, 0.3) is 0 Å². The van der Waals surface area contributed by atoms with Crippen LogP contribution in [0.5, 0.6) is 0 Å². The first-order chi connectivity index (χ1) is 9.29. The van der Waals surface area contributed by atoms with Crippen LogP contribution in [0.2, 0.25) is 0 Å². The largest absolute Gasteiger partial charge is 0.416 e. The van der Waals surface area contributed by atoms with Crippen molar-refractivity contribution in [3.05, 3.63) is 35.1 Å². The summed E-state index contributed by atoms with van der Waals surface area (Å²) in [5.74, 6) is -0.225. The normalized spacial score (nSPS) is 25.5. The molecule has 20 heavy (non-hydrogen) atoms. The van der Waals surface area contributed by atoms with Gasteiger partial charge in [0.25, 0.3) is 0 Å². The molecule has 1 aliphatic carbocycles. The summed E-state index contributed by atoms with van der Waals surface area (Å²) >= 11 is 0. The van der Waals surface area contributed by atoms with Gasteiger partial charge in [-0.05, 0) is 48.4 Å². The number of nitrogens with two attached hydrogens (primary N) is 1. The summed E-state index contributed by atoms with van der Waals surface area (Å²) < 4.78 is 52.3. The highest BCUT2D eigenvalue weighted by atomic mass is 19.4. The second-order valence-corrected chi connectivity index (χ2v) is 5.79. The number of alkyl halides is 3. The Morgan fingerprint density at radius 2 is 1.95 bits per heavy atom. The molecule has 0 radical (unpaired) electrons. The Kier molecular flexibility index (Phi) is 4.37. The van der Waals surface area contributed by atoms with Crippen molar-refractivity contribution in [2.45, 2.75) is 44.8 Å². The third-order valence-corrected chi connectivity index (χ3v) is 4.16. The van der Waals surface area contributed by atoms with Gasteiger partial charge in [-0.15, -0.1) is 0 Å². The fourth-order valence-electron chi connectivity index (χ4n) is 3.13. The maximum atomic E-state index is 13.3. The average molecular weight is 289 g/mol. The maximum Gasteiger partial charge on any atom is 0.416 e. The quantitative estimate of drug-likeness (QED) is 0.787. The van der Waals surface area contributed by atoms with E-state index in [1.54, 1.807) is 0 Å². The Morgan fingerprint density at radius 1 is 1.25 bits per heavy atom. The predicted octanol–water partition coefficient (Wildman–Crippen LogP) is 4.67. The second-order valence-electron chi connectivity index (χ2n) is 5.79. The van der Waals surface area contributed by atoms with Gasteiger partial charge in [-0.2, -0.15) is 13.2 Å². The van der Waals surface area contributed by atoms with Gasteiger partial charge >= 0.3 is 6.18 Å². The van der Waals surface area contributed by atoms with Gasteiger partial charge in [-0.3, -0.25) is 0 Å². The number of hydrogen-bond donors (Lipinski definition) is 1. The van der Waals surface area contributed by atoms with Gasteiger partial charge in [0.1, 0.15) is 5.82 Å². The molecule has 5 heteroatoms. The van der Waals surface area contributed by atoms with Gasteiger partial charge in [-0.1, -0.05) is 19.8 Å². The van der Waals surface area contributed by atoms with Crippen molar-refractivity contribution in [3.63, 3.8) is 0 Å². The summed E-state index contributed by atoms with van der Waals surface area (Å²) in [6.45, 7) is 2.08. The monoisotopic (exact) mass is 289 g/mol. The van der Waals surface area contributed by atoms with Crippen molar-refractivity contribution in [2.24, 2.45) is 17.6 Å². The van der Waals surface area contributed by atoms with E-state index in [0.717, 1.165) is 43.9 Å². The summed E-state index contributed by atoms with van der Waals surface area (Å²) in [5.41, 5.74) is 5.10. The fraction of sp³-hybridized carbons (Fsp3) is 0.600. The van der Waals surface area contributed by atoms with E-state index in [-0.39, 0.29) is 11.5 Å². The first kappa shape index (κ1) is 15.3. The zero-order valence-electron chi connectivity index (χ0n) is 11.4. The fourth-order valence-corrected chi connectivity index (χ4v) is 3.13. The molecule has 1 aromatic rings. The molecule has 3 unspecified atom stereocenters. The van der Waals surface area contributed by atoms with E-state index >= 15 is 0 Å². The minimum Gasteiger partial charge on any atom is -0.324 e. The van der Waals surface area contributed by atoms with Gasteiger partial charge in [0.15, 0.2) is 0 Å². The number of halogens is 4. The van der Waals surface area contributed by atoms with Crippen LogP contribution in [0.4, 0.5) is 17.6 Å². The van der Waals surface area contributed by atoms with E-state index in [4.69, 9.17) is 5.73 Å². The van der Waals surface area contributed by atoms with Gasteiger partial charge in [0.05, 0.1) is 5.56 Å². The lowest BCUT2D eigenvalue weighted by Crippen LogP contribution is -2.28. The molecule has 1 saturated carbocycles. The summed E-state index contributed by atoms with van der Waals surface area (Å²) in [5, 5.41) is 0. The Bertz CT molecular complexity index is 469. The van der Waals surface area contributed by atoms with Crippen LogP contribution in [0.1, 0.15) is 49.8 Å². The van der Waals surface area contributed by atoms with Crippen LogP contribution in [0.3, 0.4) is 0 Å². The smallest absolute Gasteiger partial charge is 0.324 e. The van der Waals surface area contributed by atoms with E-state index < -0.39 is 23.6 Å². The highest BCUT2D eigenvalue weighted by Crippen LogP contribution is 2.40. The summed E-state index contributed by atoms with van der Waals surface area (Å²) in [4.78, 5) is 0.